The third-order valence-corrected chi connectivity index (χ3v) is 15.2. The molecule has 2 saturated heterocycles. The lowest BCUT2D eigenvalue weighted by Gasteiger charge is -2.35. The maximum Gasteiger partial charge on any atom is 0.267 e. The lowest BCUT2D eigenvalue weighted by Crippen LogP contribution is -2.57. The van der Waals surface area contributed by atoms with Gasteiger partial charge in [0.15, 0.2) is 5.13 Å². The number of para-hydroxylation sites is 1. The fraction of sp³-hybridized carbons (Fsp3) is 0.518. The van der Waals surface area contributed by atoms with Gasteiger partial charge in [-0.15, -0.1) is 11.3 Å². The molecule has 3 atom stereocenters. The van der Waals surface area contributed by atoms with E-state index in [0.717, 1.165) is 46.1 Å². The van der Waals surface area contributed by atoms with Gasteiger partial charge < -0.3 is 60.0 Å². The van der Waals surface area contributed by atoms with Gasteiger partial charge in [0.25, 0.3) is 5.91 Å². The highest BCUT2D eigenvalue weighted by atomic mass is 35.5. The number of hydrogen-bond acceptors (Lipinski definition) is 18. The van der Waals surface area contributed by atoms with Crippen LogP contribution < -0.4 is 26.2 Å². The van der Waals surface area contributed by atoms with Crippen LogP contribution in [0.25, 0.3) is 10.4 Å². The van der Waals surface area contributed by atoms with Crippen molar-refractivity contribution in [2.75, 3.05) is 102 Å². The Morgan fingerprint density at radius 2 is 1.57 bits per heavy atom. The van der Waals surface area contributed by atoms with Crippen molar-refractivity contribution in [2.24, 2.45) is 5.41 Å². The molecule has 5 heterocycles. The van der Waals surface area contributed by atoms with Gasteiger partial charge in [-0.1, -0.05) is 87.0 Å². The highest BCUT2D eigenvalue weighted by Crippen LogP contribution is 2.31. The zero-order valence-corrected chi connectivity index (χ0v) is 49.4. The number of aryl methyl sites for hydroxylation is 3. The van der Waals surface area contributed by atoms with Crippen LogP contribution >= 0.6 is 34.3 Å². The normalized spacial score (nSPS) is 15.7. The van der Waals surface area contributed by atoms with Gasteiger partial charge in [-0.3, -0.25) is 24.0 Å². The minimum absolute atomic E-state index is 0.0302. The van der Waals surface area contributed by atoms with E-state index in [4.69, 9.17) is 30.5 Å². The molecule has 0 radical (unpaired) electrons. The van der Waals surface area contributed by atoms with Crippen LogP contribution in [0.2, 0.25) is 5.02 Å². The lowest BCUT2D eigenvalue weighted by molar-refractivity contribution is -0.144. The van der Waals surface area contributed by atoms with Gasteiger partial charge in [-0.25, -0.2) is 19.9 Å². The molecule has 2 aliphatic rings. The van der Waals surface area contributed by atoms with Crippen molar-refractivity contribution in [3.8, 4) is 10.4 Å². The second-order valence-electron chi connectivity index (χ2n) is 20.3. The molecule has 5 N–H and O–H groups in total. The maximum absolute atomic E-state index is 13.6. The third-order valence-electron chi connectivity index (χ3n) is 13.0. The second kappa shape index (κ2) is 31.1. The average Bonchev–Trinajstić information content (AvgIpc) is 4.20. The summed E-state index contributed by atoms with van der Waals surface area (Å²) in [5, 5.41) is 23.2. The van der Waals surface area contributed by atoms with Crippen LogP contribution in [0.15, 0.2) is 60.2 Å². The van der Waals surface area contributed by atoms with E-state index in [1.54, 1.807) is 24.5 Å². The summed E-state index contributed by atoms with van der Waals surface area (Å²) < 4.78 is 21.2. The first kappa shape index (κ1) is 63.0. The highest BCUT2D eigenvalue weighted by Gasteiger charge is 2.44. The monoisotopic (exact) mass is 1160 g/mol. The number of hydrogen-bond donors (Lipinski definition) is 5. The summed E-state index contributed by atoms with van der Waals surface area (Å²) in [6.45, 7) is 19.4. The zero-order chi connectivity index (χ0) is 57.8. The first-order chi connectivity index (χ1) is 38.3. The van der Waals surface area contributed by atoms with Crippen LogP contribution in [-0.2, 0) is 44.7 Å². The van der Waals surface area contributed by atoms with E-state index in [1.807, 2.05) is 94.4 Å². The number of aliphatic hydroxyl groups is 1. The van der Waals surface area contributed by atoms with Gasteiger partial charge in [0.05, 0.1) is 85.2 Å². The number of β-amino-alcohol motifs (C(OH)–C–C–N with tert-alkyl or cyclic N) is 1. The van der Waals surface area contributed by atoms with Crippen molar-refractivity contribution in [1.82, 2.24) is 40.4 Å². The molecule has 21 nitrogen and oxygen atoms in total. The number of piperazine rings is 1. The summed E-state index contributed by atoms with van der Waals surface area (Å²) in [6, 6.07) is 13.5. The Morgan fingerprint density at radius 3 is 2.24 bits per heavy atom. The number of halogens is 1. The number of benzene rings is 2. The Balaban J connectivity index is 0.000000258. The van der Waals surface area contributed by atoms with E-state index in [2.05, 4.69) is 53.0 Å². The number of amides is 5. The van der Waals surface area contributed by atoms with Gasteiger partial charge >= 0.3 is 0 Å². The predicted octanol–water partition coefficient (Wildman–Crippen LogP) is 6.96. The van der Waals surface area contributed by atoms with Crippen molar-refractivity contribution in [3.05, 3.63) is 92.8 Å². The van der Waals surface area contributed by atoms with Gasteiger partial charge in [0, 0.05) is 71.9 Å². The minimum Gasteiger partial charge on any atom is -0.391 e. The van der Waals surface area contributed by atoms with Crippen LogP contribution in [0, 0.1) is 26.2 Å². The van der Waals surface area contributed by atoms with Crippen LogP contribution in [0.4, 0.5) is 22.5 Å². The van der Waals surface area contributed by atoms with Gasteiger partial charge in [0.2, 0.25) is 23.6 Å². The number of aromatic nitrogens is 4. The number of carbonyl (C=O) groups excluding carboxylic acids is 5. The first-order valence-electron chi connectivity index (χ1n) is 26.8. The molecule has 0 aliphatic carbocycles. The van der Waals surface area contributed by atoms with E-state index < -0.39 is 29.5 Å². The largest absolute Gasteiger partial charge is 0.391 e. The van der Waals surface area contributed by atoms with E-state index >= 15 is 0 Å². The van der Waals surface area contributed by atoms with Gasteiger partial charge in [-0.05, 0) is 55.4 Å². The molecular weight excluding hydrogens is 1090 g/mol. The van der Waals surface area contributed by atoms with E-state index in [0.29, 0.717) is 98.0 Å². The molecular formula is C56H76ClN11O10S2. The second-order valence-corrected chi connectivity index (χ2v) is 22.6. The van der Waals surface area contributed by atoms with E-state index in [1.165, 1.54) is 22.4 Å². The topological polar surface area (TPSA) is 252 Å². The Morgan fingerprint density at radius 1 is 0.875 bits per heavy atom. The van der Waals surface area contributed by atoms with E-state index in [-0.39, 0.29) is 56.2 Å². The molecule has 2 fully saturated rings. The van der Waals surface area contributed by atoms with Crippen molar-refractivity contribution >= 4 is 86.3 Å². The summed E-state index contributed by atoms with van der Waals surface area (Å²) >= 11 is 9.05. The number of carbonyl (C=O) groups is 5. The molecule has 5 amide bonds. The molecule has 2 aromatic carbocycles. The van der Waals surface area contributed by atoms with Crippen LogP contribution in [0.1, 0.15) is 85.7 Å². The highest BCUT2D eigenvalue weighted by molar-refractivity contribution is 7.17. The quantitative estimate of drug-likeness (QED) is 0.0370. The summed E-state index contributed by atoms with van der Waals surface area (Å²) in [5.74, 6) is 0.705. The minimum atomic E-state index is -0.868. The predicted molar refractivity (Wildman–Crippen MR) is 311 cm³/mol. The van der Waals surface area contributed by atoms with Crippen molar-refractivity contribution in [3.63, 3.8) is 0 Å². The number of likely N-dealkylation sites (tertiary alicyclic amines) is 1. The standard InChI is InChI=1S/C28H36ClN7O4S.C28H40N4O6S/c1-4-13-39-15-16-40-14-8-25(37)36-11-9-35(10-12-36)24-17-23(31-20(3)32-24)33-28-30-18-22(41-28)27(38)34-26-19(2)6-5-7-21(26)29;1-18-24(39-17-30-18)20-8-6-19(7-9-20)15-29-26(35)22-14-21(33)16-32(22)27(36)25(28(2,3)4)31-23(34)10-11-38-13-12-37-5/h5-7,17-18H,4,8-16H2,1-3H3,(H,34,38)(H,30,31,32,33);6-9,17,21-22,25,33H,10-16H2,1-5H3,(H,29,35)(H,31,34)/t;21-,22+,25-/m.1/s1. The lowest BCUT2D eigenvalue weighted by atomic mass is 9.85. The Labute approximate surface area is 481 Å². The summed E-state index contributed by atoms with van der Waals surface area (Å²) in [4.78, 5) is 89.4. The zero-order valence-electron chi connectivity index (χ0n) is 47.0. The number of anilines is 4. The molecule has 0 saturated carbocycles. The van der Waals surface area contributed by atoms with Gasteiger partial charge in [-0.2, -0.15) is 0 Å². The SMILES string of the molecule is CCCOCCOCCC(=O)N1CCN(c2cc(Nc3ncc(C(=O)Nc4c(C)cccc4Cl)s3)nc(C)n2)CC1.COCCOCCC(=O)N[C@H](C(=O)N1C[C@H](O)C[C@H]1C(=O)NCc1ccc(-c2scnc2C)cc1)C(C)(C)C. The number of nitrogens with one attached hydrogen (secondary N) is 4. The third kappa shape index (κ3) is 19.0. The summed E-state index contributed by atoms with van der Waals surface area (Å²) in [6.07, 6.45) is 2.27. The Bertz CT molecular complexity index is 2800. The molecule has 2 aliphatic heterocycles. The van der Waals surface area contributed by atoms with Crippen molar-refractivity contribution in [2.45, 2.75) is 98.9 Å². The molecule has 7 rings (SSSR count). The number of aliphatic hydroxyl groups excluding tert-OH is 1. The number of methoxy groups -OCH3 is 1. The molecule has 5 aromatic rings. The Hall–Kier alpha value is -6.18. The summed E-state index contributed by atoms with van der Waals surface area (Å²) in [7, 11) is 1.57. The van der Waals surface area contributed by atoms with Gasteiger partial charge in [0.1, 0.15) is 34.4 Å². The smallest absolute Gasteiger partial charge is 0.267 e. The van der Waals surface area contributed by atoms with Crippen LogP contribution in [0.3, 0.4) is 0 Å². The number of thiazole rings is 2. The molecule has 0 spiro atoms. The van der Waals surface area contributed by atoms with Crippen LogP contribution in [-0.4, -0.2) is 169 Å². The summed E-state index contributed by atoms with van der Waals surface area (Å²) in [5.41, 5.74) is 5.62. The Kier molecular flexibility index (Phi) is 24.5. The molecule has 0 bridgehead atoms. The van der Waals surface area contributed by atoms with Crippen LogP contribution in [0.5, 0.6) is 0 Å². The number of ether oxygens (including phenoxy) is 4. The molecule has 80 heavy (non-hydrogen) atoms. The number of nitrogens with zero attached hydrogens (tertiary/aromatic N) is 7. The first-order valence-corrected chi connectivity index (χ1v) is 28.9. The molecule has 434 valence electrons. The molecule has 3 aromatic heterocycles. The fourth-order valence-electron chi connectivity index (χ4n) is 8.68. The van der Waals surface area contributed by atoms with Crippen molar-refractivity contribution < 1.29 is 48.0 Å². The fourth-order valence-corrected chi connectivity index (χ4v) is 10.5. The number of rotatable bonds is 25. The average molecular weight is 1160 g/mol. The van der Waals surface area contributed by atoms with E-state index in [9.17, 15) is 29.1 Å². The maximum atomic E-state index is 13.6. The van der Waals surface area contributed by atoms with Crippen molar-refractivity contribution in [1.29, 1.82) is 0 Å². The molecule has 24 heteroatoms. The molecule has 0 unspecified atom stereocenters.